The van der Waals surface area contributed by atoms with Gasteiger partial charge in [0.1, 0.15) is 0 Å². The van der Waals surface area contributed by atoms with Crippen molar-refractivity contribution >= 4 is 11.9 Å². The van der Waals surface area contributed by atoms with Crippen molar-refractivity contribution in [2.24, 2.45) is 10.9 Å². The van der Waals surface area contributed by atoms with Crippen molar-refractivity contribution in [3.8, 4) is 0 Å². The third-order valence-corrected chi connectivity index (χ3v) is 4.36. The van der Waals surface area contributed by atoms with Crippen molar-refractivity contribution in [2.45, 2.75) is 65.5 Å². The highest BCUT2D eigenvalue weighted by atomic mass is 16.2. The molecule has 0 bridgehead atoms. The number of piperidine rings is 1. The third-order valence-electron chi connectivity index (χ3n) is 4.36. The third kappa shape index (κ3) is 7.51. The van der Waals surface area contributed by atoms with E-state index in [0.29, 0.717) is 5.96 Å². The Bertz CT molecular complexity index is 439. The van der Waals surface area contributed by atoms with Gasteiger partial charge in [0.05, 0.1) is 6.54 Å². The Balaban J connectivity index is 2.44. The molecular formula is C18H37N5O. The average molecular weight is 340 g/mol. The van der Waals surface area contributed by atoms with Crippen LogP contribution in [0.25, 0.3) is 0 Å². The van der Waals surface area contributed by atoms with Gasteiger partial charge in [0.2, 0.25) is 5.91 Å². The number of carbonyl (C=O) groups is 1. The van der Waals surface area contributed by atoms with Gasteiger partial charge in [-0.2, -0.15) is 0 Å². The van der Waals surface area contributed by atoms with E-state index < -0.39 is 0 Å². The van der Waals surface area contributed by atoms with Gasteiger partial charge in [-0.1, -0.05) is 6.92 Å². The molecule has 0 aliphatic carbocycles. The number of carbonyl (C=O) groups excluding carboxylic acids is 1. The lowest BCUT2D eigenvalue weighted by Crippen LogP contribution is -2.56. The largest absolute Gasteiger partial charge is 0.355 e. The van der Waals surface area contributed by atoms with Crippen molar-refractivity contribution in [1.29, 1.82) is 0 Å². The molecule has 1 aliphatic rings. The number of nitrogens with zero attached hydrogens (tertiary/aromatic N) is 2. The Morgan fingerprint density at radius 1 is 1.21 bits per heavy atom. The summed E-state index contributed by atoms with van der Waals surface area (Å²) in [5.74, 6) is 1.39. The zero-order valence-corrected chi connectivity index (χ0v) is 16.6. The topological polar surface area (TPSA) is 68.8 Å². The van der Waals surface area contributed by atoms with Gasteiger partial charge in [0.15, 0.2) is 5.96 Å². The predicted octanol–water partition coefficient (Wildman–Crippen LogP) is 1.58. The summed E-state index contributed by atoms with van der Waals surface area (Å²) in [4.78, 5) is 18.7. The van der Waals surface area contributed by atoms with Crippen molar-refractivity contribution in [2.75, 3.05) is 33.2 Å². The smallest absolute Gasteiger partial charge is 0.239 e. The number of hydrogen-bond donors (Lipinski definition) is 3. The van der Waals surface area contributed by atoms with E-state index in [0.717, 1.165) is 25.6 Å². The molecule has 1 saturated heterocycles. The van der Waals surface area contributed by atoms with Gasteiger partial charge in [-0.05, 0) is 59.9 Å². The van der Waals surface area contributed by atoms with E-state index in [-0.39, 0.29) is 23.5 Å². The maximum atomic E-state index is 11.9. The highest BCUT2D eigenvalue weighted by molar-refractivity contribution is 5.86. The van der Waals surface area contributed by atoms with E-state index in [4.69, 9.17) is 0 Å². The summed E-state index contributed by atoms with van der Waals surface area (Å²) in [6, 6.07) is 0. The van der Waals surface area contributed by atoms with Gasteiger partial charge in [-0.15, -0.1) is 0 Å². The molecule has 3 N–H and O–H groups in total. The minimum atomic E-state index is -0.220. The van der Waals surface area contributed by atoms with Crippen molar-refractivity contribution < 1.29 is 4.79 Å². The zero-order valence-electron chi connectivity index (χ0n) is 16.6. The summed E-state index contributed by atoms with van der Waals surface area (Å²) >= 11 is 0. The van der Waals surface area contributed by atoms with Crippen LogP contribution in [0.15, 0.2) is 4.99 Å². The van der Waals surface area contributed by atoms with E-state index in [1.165, 1.54) is 12.8 Å². The van der Waals surface area contributed by atoms with Crippen LogP contribution in [0.5, 0.6) is 0 Å². The second-order valence-electron chi connectivity index (χ2n) is 8.58. The minimum absolute atomic E-state index is 0.0328. The van der Waals surface area contributed by atoms with Crippen LogP contribution in [0.1, 0.15) is 54.4 Å². The number of nitrogens with one attached hydrogen (secondary N) is 3. The molecule has 1 heterocycles. The summed E-state index contributed by atoms with van der Waals surface area (Å²) in [6.07, 6.45) is 2.59. The van der Waals surface area contributed by atoms with Gasteiger partial charge >= 0.3 is 0 Å². The van der Waals surface area contributed by atoms with Crippen LogP contribution in [0, 0.1) is 5.92 Å². The van der Waals surface area contributed by atoms with Crippen LogP contribution in [0.4, 0.5) is 0 Å². The fourth-order valence-electron chi connectivity index (χ4n) is 3.00. The van der Waals surface area contributed by atoms with Gasteiger partial charge < -0.3 is 16.0 Å². The molecule has 0 aromatic carbocycles. The molecule has 0 aromatic rings. The minimum Gasteiger partial charge on any atom is -0.355 e. The predicted molar refractivity (Wildman–Crippen MR) is 101 cm³/mol. The quantitative estimate of drug-likeness (QED) is 0.525. The fourth-order valence-corrected chi connectivity index (χ4v) is 3.00. The van der Waals surface area contributed by atoms with Crippen LogP contribution in [-0.2, 0) is 4.79 Å². The molecule has 0 radical (unpaired) electrons. The second-order valence-corrected chi connectivity index (χ2v) is 8.58. The van der Waals surface area contributed by atoms with E-state index in [9.17, 15) is 4.79 Å². The first kappa shape index (κ1) is 20.7. The van der Waals surface area contributed by atoms with Crippen LogP contribution in [-0.4, -0.2) is 61.1 Å². The molecule has 1 rings (SSSR count). The summed E-state index contributed by atoms with van der Waals surface area (Å²) < 4.78 is 0. The zero-order chi connectivity index (χ0) is 18.4. The normalized spacial score (nSPS) is 20.6. The second kappa shape index (κ2) is 8.70. The number of amides is 1. The summed E-state index contributed by atoms with van der Waals surface area (Å²) in [7, 11) is 1.73. The highest BCUT2D eigenvalue weighted by Gasteiger charge is 2.30. The van der Waals surface area contributed by atoms with Crippen molar-refractivity contribution in [1.82, 2.24) is 20.9 Å². The first-order chi connectivity index (χ1) is 11.0. The van der Waals surface area contributed by atoms with Crippen LogP contribution in [0.2, 0.25) is 0 Å². The van der Waals surface area contributed by atoms with Crippen LogP contribution < -0.4 is 16.0 Å². The summed E-state index contributed by atoms with van der Waals surface area (Å²) in [6.45, 7) is 16.1. The van der Waals surface area contributed by atoms with Gasteiger partial charge in [-0.3, -0.25) is 14.7 Å². The number of aliphatic imine (C=N–C) groups is 1. The summed E-state index contributed by atoms with van der Waals surface area (Å²) in [5.41, 5.74) is -0.164. The van der Waals surface area contributed by atoms with Crippen LogP contribution >= 0.6 is 0 Å². The van der Waals surface area contributed by atoms with Gasteiger partial charge in [0, 0.05) is 31.2 Å². The molecule has 1 amide bonds. The Morgan fingerprint density at radius 3 is 2.42 bits per heavy atom. The highest BCUT2D eigenvalue weighted by Crippen LogP contribution is 2.23. The SMILES string of the molecule is CN=C(NCC(=O)NC(C)(C)C)NCC(C)(C)N1CCCC(C)C1. The van der Waals surface area contributed by atoms with Gasteiger partial charge in [-0.25, -0.2) is 0 Å². The number of hydrogen-bond acceptors (Lipinski definition) is 3. The number of guanidine groups is 1. The van der Waals surface area contributed by atoms with Crippen LogP contribution in [0.3, 0.4) is 0 Å². The molecule has 6 heteroatoms. The standard InChI is InChI=1S/C18H37N5O/c1-14-9-8-10-23(12-14)18(5,6)13-21-16(19-7)20-11-15(24)22-17(2,3)4/h14H,8-13H2,1-7H3,(H,22,24)(H2,19,20,21). The number of rotatable bonds is 5. The van der Waals surface area contributed by atoms with Crippen molar-refractivity contribution in [3.05, 3.63) is 0 Å². The van der Waals surface area contributed by atoms with E-state index in [1.807, 2.05) is 20.8 Å². The lowest BCUT2D eigenvalue weighted by molar-refractivity contribution is -0.121. The van der Waals surface area contributed by atoms with E-state index >= 15 is 0 Å². The molecule has 1 aliphatic heterocycles. The first-order valence-corrected chi connectivity index (χ1v) is 9.04. The molecule has 0 saturated carbocycles. The first-order valence-electron chi connectivity index (χ1n) is 9.04. The molecule has 24 heavy (non-hydrogen) atoms. The maximum Gasteiger partial charge on any atom is 0.239 e. The fraction of sp³-hybridized carbons (Fsp3) is 0.889. The monoisotopic (exact) mass is 339 g/mol. The van der Waals surface area contributed by atoms with E-state index in [1.54, 1.807) is 7.05 Å². The Morgan fingerprint density at radius 2 is 1.88 bits per heavy atom. The molecule has 1 fully saturated rings. The number of likely N-dealkylation sites (tertiary alicyclic amines) is 1. The molecule has 0 spiro atoms. The molecular weight excluding hydrogens is 302 g/mol. The lowest BCUT2D eigenvalue weighted by Gasteiger charge is -2.43. The maximum absolute atomic E-state index is 11.9. The lowest BCUT2D eigenvalue weighted by atomic mass is 9.93. The average Bonchev–Trinajstić information content (AvgIpc) is 2.45. The molecule has 1 atom stereocenters. The van der Waals surface area contributed by atoms with Crippen molar-refractivity contribution in [3.63, 3.8) is 0 Å². The molecule has 1 unspecified atom stereocenters. The molecule has 0 aromatic heterocycles. The molecule has 6 nitrogen and oxygen atoms in total. The van der Waals surface area contributed by atoms with E-state index in [2.05, 4.69) is 46.6 Å². The Kier molecular flexibility index (Phi) is 7.52. The van der Waals surface area contributed by atoms with Gasteiger partial charge in [0.25, 0.3) is 0 Å². The Hall–Kier alpha value is -1.30. The summed E-state index contributed by atoms with van der Waals surface area (Å²) in [5, 5.41) is 9.38. The Labute approximate surface area is 147 Å². The molecule has 140 valence electrons.